The van der Waals surface area contributed by atoms with E-state index in [1.165, 1.54) is 0 Å². The second-order valence-corrected chi connectivity index (χ2v) is 7.81. The molecule has 6 rings (SSSR count). The molecule has 2 saturated heterocycles. The van der Waals surface area contributed by atoms with E-state index >= 15 is 0 Å². The summed E-state index contributed by atoms with van der Waals surface area (Å²) in [5.41, 5.74) is 4.05. The van der Waals surface area contributed by atoms with Gasteiger partial charge in [-0.25, -0.2) is 4.79 Å². The Morgan fingerprint density at radius 3 is 2.19 bits per heavy atom. The first kappa shape index (κ1) is 16.5. The summed E-state index contributed by atoms with van der Waals surface area (Å²) in [7, 11) is 0. The fourth-order valence-electron chi connectivity index (χ4n) is 5.09. The summed E-state index contributed by atoms with van der Waals surface area (Å²) in [5, 5.41) is 11.2. The Bertz CT molecular complexity index is 879. The van der Waals surface area contributed by atoms with E-state index in [0.29, 0.717) is 13.0 Å². The molecule has 2 heterocycles. The van der Waals surface area contributed by atoms with Crippen LogP contribution in [0.4, 0.5) is 0 Å². The third kappa shape index (κ3) is 2.57. The molecule has 3 atom stereocenters. The standard InChI is InChI=1S/C22H21NO4/c24-21(25)18-11-13-9-10-19(18)23(12-13)27-22(26)20-16-7-3-1-5-14(16)15-6-2-4-8-17(15)20/h1-8,13,18-20H,9-12H2,(H,24,25)/t13-,18+,19-/m0/s1. The third-order valence-electron chi connectivity index (χ3n) is 6.32. The zero-order chi connectivity index (χ0) is 18.5. The summed E-state index contributed by atoms with van der Waals surface area (Å²) in [6, 6.07) is 15.6. The van der Waals surface area contributed by atoms with Crippen LogP contribution in [0.5, 0.6) is 0 Å². The van der Waals surface area contributed by atoms with Crippen LogP contribution < -0.4 is 0 Å². The molecule has 5 heteroatoms. The van der Waals surface area contributed by atoms with Gasteiger partial charge in [0, 0.05) is 6.54 Å². The molecular formula is C22H21NO4. The van der Waals surface area contributed by atoms with Gasteiger partial charge in [-0.15, -0.1) is 5.06 Å². The molecule has 5 nitrogen and oxygen atoms in total. The van der Waals surface area contributed by atoms with Crippen molar-refractivity contribution in [3.63, 3.8) is 0 Å². The molecule has 2 aromatic rings. The van der Waals surface area contributed by atoms with Crippen LogP contribution in [-0.4, -0.2) is 34.7 Å². The number of carboxylic acid groups (broad SMARTS) is 1. The minimum atomic E-state index is -0.790. The Morgan fingerprint density at radius 1 is 0.963 bits per heavy atom. The number of carboxylic acids is 1. The predicted octanol–water partition coefficient (Wildman–Crippen LogP) is 3.44. The average Bonchev–Trinajstić information content (AvgIpc) is 3.03. The molecule has 138 valence electrons. The van der Waals surface area contributed by atoms with E-state index in [1.807, 2.05) is 48.5 Å². The van der Waals surface area contributed by atoms with Crippen molar-refractivity contribution >= 4 is 11.9 Å². The number of hydrogen-bond acceptors (Lipinski definition) is 4. The number of carbonyl (C=O) groups excluding carboxylic acids is 1. The van der Waals surface area contributed by atoms with Gasteiger partial charge in [0.1, 0.15) is 5.92 Å². The number of aliphatic carboxylic acids is 1. The van der Waals surface area contributed by atoms with Crippen LogP contribution in [0.2, 0.25) is 0 Å². The highest BCUT2D eigenvalue weighted by molar-refractivity contribution is 5.93. The first-order chi connectivity index (χ1) is 13.1. The number of carbonyl (C=O) groups is 2. The molecule has 2 aromatic carbocycles. The van der Waals surface area contributed by atoms with Crippen LogP contribution in [0.25, 0.3) is 11.1 Å². The summed E-state index contributed by atoms with van der Waals surface area (Å²) in [4.78, 5) is 30.6. The molecule has 1 N–H and O–H groups in total. The molecule has 2 bridgehead atoms. The van der Waals surface area contributed by atoms with Crippen molar-refractivity contribution in [2.75, 3.05) is 6.54 Å². The number of nitrogens with zero attached hydrogens (tertiary/aromatic N) is 1. The molecule has 3 fully saturated rings. The lowest BCUT2D eigenvalue weighted by Gasteiger charge is -2.46. The first-order valence-electron chi connectivity index (χ1n) is 9.53. The smallest absolute Gasteiger partial charge is 0.336 e. The Balaban J connectivity index is 1.44. The maximum absolute atomic E-state index is 13.2. The fourth-order valence-corrected chi connectivity index (χ4v) is 5.09. The molecule has 27 heavy (non-hydrogen) atoms. The third-order valence-corrected chi connectivity index (χ3v) is 6.32. The van der Waals surface area contributed by atoms with E-state index in [0.717, 1.165) is 35.1 Å². The van der Waals surface area contributed by atoms with Crippen LogP contribution in [-0.2, 0) is 14.4 Å². The number of rotatable bonds is 3. The predicted molar refractivity (Wildman–Crippen MR) is 98.8 cm³/mol. The molecule has 0 spiro atoms. The van der Waals surface area contributed by atoms with Crippen molar-refractivity contribution < 1.29 is 19.5 Å². The molecule has 0 aromatic heterocycles. The zero-order valence-corrected chi connectivity index (χ0v) is 14.9. The molecule has 2 aliphatic carbocycles. The highest BCUT2D eigenvalue weighted by Crippen LogP contribution is 2.46. The Kier molecular flexibility index (Phi) is 3.79. The van der Waals surface area contributed by atoms with Crippen LogP contribution in [0.15, 0.2) is 48.5 Å². The summed E-state index contributed by atoms with van der Waals surface area (Å²) >= 11 is 0. The summed E-state index contributed by atoms with van der Waals surface area (Å²) in [5.74, 6) is -1.73. The number of piperidine rings is 2. The lowest BCUT2D eigenvalue weighted by molar-refractivity contribution is -0.235. The number of hydrogen-bond donors (Lipinski definition) is 1. The van der Waals surface area contributed by atoms with Crippen LogP contribution in [0.1, 0.15) is 36.3 Å². The Morgan fingerprint density at radius 2 is 1.59 bits per heavy atom. The van der Waals surface area contributed by atoms with Gasteiger partial charge < -0.3 is 9.94 Å². The van der Waals surface area contributed by atoms with Gasteiger partial charge in [0.25, 0.3) is 0 Å². The van der Waals surface area contributed by atoms with Gasteiger partial charge in [-0.2, -0.15) is 0 Å². The summed E-state index contributed by atoms with van der Waals surface area (Å²) in [6.07, 6.45) is 2.47. The van der Waals surface area contributed by atoms with Crippen LogP contribution in [0.3, 0.4) is 0 Å². The minimum absolute atomic E-state index is 0.219. The number of hydroxylamine groups is 2. The zero-order valence-electron chi connectivity index (χ0n) is 14.9. The topological polar surface area (TPSA) is 66.8 Å². The van der Waals surface area contributed by atoms with Crippen LogP contribution >= 0.6 is 0 Å². The van der Waals surface area contributed by atoms with E-state index in [9.17, 15) is 14.7 Å². The van der Waals surface area contributed by atoms with E-state index in [4.69, 9.17) is 4.84 Å². The summed E-state index contributed by atoms with van der Waals surface area (Å²) in [6.45, 7) is 0.635. The van der Waals surface area contributed by atoms with Crippen molar-refractivity contribution in [1.82, 2.24) is 5.06 Å². The normalized spacial score (nSPS) is 26.4. The molecule has 0 amide bonds. The SMILES string of the molecule is O=C(ON1C[C@H]2CC[C@H]1[C@H](C(=O)O)C2)C1c2ccccc2-c2ccccc21. The molecule has 0 radical (unpaired) electrons. The van der Waals surface area contributed by atoms with E-state index in [2.05, 4.69) is 0 Å². The first-order valence-corrected chi connectivity index (χ1v) is 9.53. The van der Waals surface area contributed by atoms with E-state index in [1.54, 1.807) is 5.06 Å². The molecule has 0 unspecified atom stereocenters. The van der Waals surface area contributed by atoms with Gasteiger partial charge in [0.05, 0.1) is 12.0 Å². The van der Waals surface area contributed by atoms with Gasteiger partial charge in [-0.3, -0.25) is 4.79 Å². The molecule has 4 aliphatic rings. The average molecular weight is 363 g/mol. The van der Waals surface area contributed by atoms with Gasteiger partial charge >= 0.3 is 11.9 Å². The van der Waals surface area contributed by atoms with E-state index < -0.39 is 17.8 Å². The highest BCUT2D eigenvalue weighted by Gasteiger charge is 2.47. The van der Waals surface area contributed by atoms with Crippen molar-refractivity contribution in [3.05, 3.63) is 59.7 Å². The van der Waals surface area contributed by atoms with Gasteiger partial charge in [0.15, 0.2) is 0 Å². The number of fused-ring (bicyclic) bond motifs is 6. The van der Waals surface area contributed by atoms with Gasteiger partial charge in [-0.05, 0) is 47.4 Å². The Labute approximate surface area is 157 Å². The fraction of sp³-hybridized carbons (Fsp3) is 0.364. The van der Waals surface area contributed by atoms with Crippen molar-refractivity contribution in [2.24, 2.45) is 11.8 Å². The second kappa shape index (κ2) is 6.20. The largest absolute Gasteiger partial charge is 0.481 e. The van der Waals surface area contributed by atoms with Crippen molar-refractivity contribution in [1.29, 1.82) is 0 Å². The lowest BCUT2D eigenvalue weighted by atomic mass is 9.74. The Hall–Kier alpha value is -2.66. The monoisotopic (exact) mass is 363 g/mol. The quantitative estimate of drug-likeness (QED) is 0.905. The second-order valence-electron chi connectivity index (χ2n) is 7.81. The van der Waals surface area contributed by atoms with E-state index in [-0.39, 0.29) is 17.9 Å². The van der Waals surface area contributed by atoms with Crippen molar-refractivity contribution in [2.45, 2.75) is 31.2 Å². The molecular weight excluding hydrogens is 342 g/mol. The molecule has 1 saturated carbocycles. The van der Waals surface area contributed by atoms with Crippen molar-refractivity contribution in [3.8, 4) is 11.1 Å². The van der Waals surface area contributed by atoms with Gasteiger partial charge in [-0.1, -0.05) is 48.5 Å². The molecule has 2 aliphatic heterocycles. The highest BCUT2D eigenvalue weighted by atomic mass is 16.7. The van der Waals surface area contributed by atoms with Gasteiger partial charge in [0.2, 0.25) is 0 Å². The summed E-state index contributed by atoms with van der Waals surface area (Å²) < 4.78 is 0. The maximum atomic E-state index is 13.2. The van der Waals surface area contributed by atoms with Crippen LogP contribution in [0, 0.1) is 11.8 Å². The minimum Gasteiger partial charge on any atom is -0.481 e. The maximum Gasteiger partial charge on any atom is 0.336 e. The lowest BCUT2D eigenvalue weighted by Crippen LogP contribution is -2.55. The number of benzene rings is 2.